The predicted molar refractivity (Wildman–Crippen MR) is 104 cm³/mol. The normalized spacial score (nSPS) is 19.8. The van der Waals surface area contributed by atoms with Crippen molar-refractivity contribution in [3.05, 3.63) is 59.9 Å². The Balaban J connectivity index is 1.50. The molecule has 3 aromatic heterocycles. The van der Waals surface area contributed by atoms with E-state index in [4.69, 9.17) is 4.42 Å². The van der Waals surface area contributed by atoms with Gasteiger partial charge in [0.2, 0.25) is 0 Å². The summed E-state index contributed by atoms with van der Waals surface area (Å²) in [5.41, 5.74) is 0.984. The summed E-state index contributed by atoms with van der Waals surface area (Å²) in [6, 6.07) is 8.54. The van der Waals surface area contributed by atoms with Gasteiger partial charge in [0.25, 0.3) is 18.1 Å². The fourth-order valence-electron chi connectivity index (χ4n) is 4.28. The quantitative estimate of drug-likeness (QED) is 0.509. The maximum Gasteiger partial charge on any atom is 0.280 e. The number of likely N-dealkylation sites (tertiary alicyclic amines) is 1. The number of fused-ring (bicyclic) bond motifs is 2. The Labute approximate surface area is 170 Å². The van der Waals surface area contributed by atoms with Crippen molar-refractivity contribution in [3.8, 4) is 0 Å². The summed E-state index contributed by atoms with van der Waals surface area (Å²) in [6.07, 6.45) is 1.66. The monoisotopic (exact) mass is 411 g/mol. The molecule has 7 nitrogen and oxygen atoms in total. The van der Waals surface area contributed by atoms with E-state index in [0.717, 1.165) is 23.8 Å². The summed E-state index contributed by atoms with van der Waals surface area (Å²) in [6.45, 7) is 2.96. The van der Waals surface area contributed by atoms with E-state index >= 15 is 0 Å². The van der Waals surface area contributed by atoms with Crippen LogP contribution in [0.2, 0.25) is 0 Å². The van der Waals surface area contributed by atoms with Crippen LogP contribution >= 0.6 is 0 Å². The van der Waals surface area contributed by atoms with E-state index in [1.54, 1.807) is 23.3 Å². The number of hydrogen-bond donors (Lipinski definition) is 0. The van der Waals surface area contributed by atoms with E-state index in [2.05, 4.69) is 15.1 Å². The molecule has 0 saturated carbocycles. The Bertz CT molecular complexity index is 1250. The van der Waals surface area contributed by atoms with Crippen LogP contribution in [-0.2, 0) is 5.41 Å². The number of carbonyl (C=O) groups excluding carboxylic acids is 1. The molecule has 1 aliphatic rings. The van der Waals surface area contributed by atoms with Gasteiger partial charge in [-0.15, -0.1) is 0 Å². The van der Waals surface area contributed by atoms with Crippen LogP contribution in [0.4, 0.5) is 8.78 Å². The first-order valence-corrected chi connectivity index (χ1v) is 9.70. The maximum absolute atomic E-state index is 13.4. The molecular weight excluding hydrogens is 392 g/mol. The Morgan fingerprint density at radius 3 is 2.97 bits per heavy atom. The van der Waals surface area contributed by atoms with Crippen LogP contribution in [0.5, 0.6) is 0 Å². The lowest BCUT2D eigenvalue weighted by Gasteiger charge is -2.40. The zero-order valence-electron chi connectivity index (χ0n) is 16.3. The van der Waals surface area contributed by atoms with Gasteiger partial charge in [0.05, 0.1) is 12.0 Å². The second-order valence-corrected chi connectivity index (χ2v) is 7.90. The SMILES string of the molecule is C[C@]1(c2cc(C(F)F)nc3ncnn23)CCCN(C(=O)c2ccc3occc3c2)C1. The molecule has 1 aromatic carbocycles. The number of aromatic nitrogens is 4. The second kappa shape index (κ2) is 6.86. The smallest absolute Gasteiger partial charge is 0.280 e. The molecule has 0 aliphatic carbocycles. The fraction of sp³-hybridized carbons (Fsp3) is 0.333. The second-order valence-electron chi connectivity index (χ2n) is 7.90. The van der Waals surface area contributed by atoms with E-state index in [1.165, 1.54) is 16.9 Å². The summed E-state index contributed by atoms with van der Waals surface area (Å²) in [4.78, 5) is 22.9. The van der Waals surface area contributed by atoms with Crippen molar-refractivity contribution in [1.82, 2.24) is 24.5 Å². The lowest BCUT2D eigenvalue weighted by atomic mass is 9.78. The molecule has 1 saturated heterocycles. The van der Waals surface area contributed by atoms with E-state index in [0.29, 0.717) is 24.3 Å². The first kappa shape index (κ1) is 18.7. The fourth-order valence-corrected chi connectivity index (χ4v) is 4.28. The van der Waals surface area contributed by atoms with Crippen molar-refractivity contribution in [2.75, 3.05) is 13.1 Å². The number of furan rings is 1. The van der Waals surface area contributed by atoms with Crippen molar-refractivity contribution in [2.45, 2.75) is 31.6 Å². The van der Waals surface area contributed by atoms with Gasteiger partial charge in [0, 0.05) is 29.5 Å². The van der Waals surface area contributed by atoms with Crippen LogP contribution in [0.1, 0.15) is 47.9 Å². The van der Waals surface area contributed by atoms with Gasteiger partial charge < -0.3 is 9.32 Å². The molecule has 4 aromatic rings. The van der Waals surface area contributed by atoms with E-state index in [-0.39, 0.29) is 17.4 Å². The molecule has 0 radical (unpaired) electrons. The molecule has 1 amide bonds. The van der Waals surface area contributed by atoms with E-state index in [9.17, 15) is 13.6 Å². The molecule has 154 valence electrons. The minimum atomic E-state index is -2.71. The van der Waals surface area contributed by atoms with Gasteiger partial charge in [0.1, 0.15) is 17.6 Å². The standard InChI is InChI=1S/C21H19F2N5O2/c1-21(17-10-15(18(22)23)26-20-24-12-25-28(17)20)6-2-7-27(11-21)19(29)14-3-4-16-13(9-14)5-8-30-16/h3-5,8-10,12,18H,2,6-7,11H2,1H3/t21-/m0/s1. The molecule has 9 heteroatoms. The number of benzene rings is 1. The minimum Gasteiger partial charge on any atom is -0.464 e. The Hall–Kier alpha value is -3.36. The van der Waals surface area contributed by atoms with Crippen molar-refractivity contribution in [1.29, 1.82) is 0 Å². The van der Waals surface area contributed by atoms with Gasteiger partial charge >= 0.3 is 0 Å². The summed E-state index contributed by atoms with van der Waals surface area (Å²) in [5, 5.41) is 5.04. The van der Waals surface area contributed by atoms with Crippen molar-refractivity contribution in [3.63, 3.8) is 0 Å². The molecular formula is C21H19F2N5O2. The zero-order chi connectivity index (χ0) is 20.9. The largest absolute Gasteiger partial charge is 0.464 e. The zero-order valence-corrected chi connectivity index (χ0v) is 16.3. The van der Waals surface area contributed by atoms with Crippen LogP contribution in [0.25, 0.3) is 16.7 Å². The molecule has 30 heavy (non-hydrogen) atoms. The van der Waals surface area contributed by atoms with Crippen molar-refractivity contribution < 1.29 is 18.0 Å². The highest BCUT2D eigenvalue weighted by molar-refractivity contribution is 5.97. The number of amides is 1. The van der Waals surface area contributed by atoms with Crippen LogP contribution in [0, 0.1) is 0 Å². The molecule has 0 spiro atoms. The van der Waals surface area contributed by atoms with Crippen LogP contribution in [0.15, 0.2) is 47.3 Å². The van der Waals surface area contributed by atoms with Gasteiger partial charge in [-0.2, -0.15) is 10.1 Å². The predicted octanol–water partition coefficient (Wildman–Crippen LogP) is 4.00. The van der Waals surface area contributed by atoms with Gasteiger partial charge in [-0.3, -0.25) is 4.79 Å². The highest BCUT2D eigenvalue weighted by atomic mass is 19.3. The first-order chi connectivity index (χ1) is 14.4. The third kappa shape index (κ3) is 3.01. The Morgan fingerprint density at radius 2 is 2.13 bits per heavy atom. The third-order valence-corrected chi connectivity index (χ3v) is 5.80. The highest BCUT2D eigenvalue weighted by Gasteiger charge is 2.38. The van der Waals surface area contributed by atoms with Gasteiger partial charge in [-0.05, 0) is 43.2 Å². The lowest BCUT2D eigenvalue weighted by molar-refractivity contribution is 0.0645. The average Bonchev–Trinajstić information content (AvgIpc) is 3.40. The van der Waals surface area contributed by atoms with Crippen LogP contribution in [0.3, 0.4) is 0 Å². The number of alkyl halides is 2. The average molecular weight is 411 g/mol. The third-order valence-electron chi connectivity index (χ3n) is 5.80. The van der Waals surface area contributed by atoms with Crippen LogP contribution < -0.4 is 0 Å². The van der Waals surface area contributed by atoms with Crippen molar-refractivity contribution in [2.24, 2.45) is 0 Å². The summed E-state index contributed by atoms with van der Waals surface area (Å²) in [5.74, 6) is 0.0416. The molecule has 4 heterocycles. The van der Waals surface area contributed by atoms with Gasteiger partial charge in [-0.1, -0.05) is 6.92 Å². The summed E-state index contributed by atoms with van der Waals surface area (Å²) >= 11 is 0. The molecule has 0 N–H and O–H groups in total. The number of halogens is 2. The number of nitrogens with zero attached hydrogens (tertiary/aromatic N) is 5. The molecule has 0 unspecified atom stereocenters. The molecule has 1 atom stereocenters. The topological polar surface area (TPSA) is 76.5 Å². The lowest BCUT2D eigenvalue weighted by Crippen LogP contribution is -2.48. The molecule has 1 fully saturated rings. The number of hydrogen-bond acceptors (Lipinski definition) is 5. The van der Waals surface area contributed by atoms with Crippen molar-refractivity contribution >= 4 is 22.7 Å². The van der Waals surface area contributed by atoms with Crippen LogP contribution in [-0.4, -0.2) is 43.5 Å². The Morgan fingerprint density at radius 1 is 1.27 bits per heavy atom. The number of piperidine rings is 1. The molecule has 1 aliphatic heterocycles. The number of carbonyl (C=O) groups is 1. The van der Waals surface area contributed by atoms with E-state index in [1.807, 2.05) is 19.1 Å². The van der Waals surface area contributed by atoms with Gasteiger partial charge in [-0.25, -0.2) is 18.3 Å². The van der Waals surface area contributed by atoms with Gasteiger partial charge in [0.15, 0.2) is 0 Å². The maximum atomic E-state index is 13.4. The highest BCUT2D eigenvalue weighted by Crippen LogP contribution is 2.35. The molecule has 5 rings (SSSR count). The van der Waals surface area contributed by atoms with E-state index < -0.39 is 11.8 Å². The summed E-state index contributed by atoms with van der Waals surface area (Å²) in [7, 11) is 0. The minimum absolute atomic E-state index is 0.0954. The molecule has 0 bridgehead atoms. The Kier molecular flexibility index (Phi) is 4.27. The first-order valence-electron chi connectivity index (χ1n) is 9.70. The summed E-state index contributed by atoms with van der Waals surface area (Å²) < 4.78 is 33.7. The number of rotatable bonds is 3.